The summed E-state index contributed by atoms with van der Waals surface area (Å²) in [4.78, 5) is 17.5. The van der Waals surface area contributed by atoms with Crippen molar-refractivity contribution < 1.29 is 13.2 Å². The van der Waals surface area contributed by atoms with E-state index in [4.69, 9.17) is 4.98 Å². The average Bonchev–Trinajstić information content (AvgIpc) is 3.26. The van der Waals surface area contributed by atoms with Crippen molar-refractivity contribution in [2.24, 2.45) is 0 Å². The highest BCUT2D eigenvalue weighted by Gasteiger charge is 2.21. The smallest absolute Gasteiger partial charge is 0.243 e. The van der Waals surface area contributed by atoms with E-state index in [1.54, 1.807) is 37.3 Å². The zero-order valence-electron chi connectivity index (χ0n) is 19.4. The molecule has 0 aliphatic heterocycles. The van der Waals surface area contributed by atoms with Crippen LogP contribution < -0.4 is 5.32 Å². The van der Waals surface area contributed by atoms with E-state index in [1.165, 1.54) is 26.7 Å². The first-order valence-corrected chi connectivity index (χ1v) is 13.4. The van der Waals surface area contributed by atoms with Crippen LogP contribution in [0.15, 0.2) is 71.6 Å². The number of Topliss-reactive ketones (excluding diaryl/α,β-unsaturated/α-hetero) is 1. The number of nitrogens with zero attached hydrogens (tertiary/aromatic N) is 2. The molecule has 0 spiro atoms. The number of carbonyl (C=O) groups excluding carboxylic acids is 1. The van der Waals surface area contributed by atoms with Gasteiger partial charge >= 0.3 is 0 Å². The van der Waals surface area contributed by atoms with Crippen molar-refractivity contribution in [3.05, 3.63) is 77.9 Å². The van der Waals surface area contributed by atoms with Gasteiger partial charge in [-0.1, -0.05) is 19.9 Å². The van der Waals surface area contributed by atoms with Crippen LogP contribution in [0.1, 0.15) is 29.8 Å². The second kappa shape index (κ2) is 10.0. The van der Waals surface area contributed by atoms with Crippen molar-refractivity contribution in [1.82, 2.24) is 9.29 Å². The van der Waals surface area contributed by atoms with E-state index in [0.29, 0.717) is 18.7 Å². The van der Waals surface area contributed by atoms with Crippen molar-refractivity contribution in [3.8, 4) is 10.6 Å². The molecule has 0 fully saturated rings. The lowest BCUT2D eigenvalue weighted by Crippen LogP contribution is -2.30. The van der Waals surface area contributed by atoms with Crippen LogP contribution in [0.5, 0.6) is 0 Å². The minimum Gasteiger partial charge on any atom is -0.378 e. The van der Waals surface area contributed by atoms with Crippen LogP contribution in [0, 0.1) is 6.92 Å². The Hall–Kier alpha value is -3.07. The maximum atomic E-state index is 12.6. The molecular weight excluding hydrogens is 466 g/mol. The summed E-state index contributed by atoms with van der Waals surface area (Å²) in [6.07, 6.45) is 0. The highest BCUT2D eigenvalue weighted by atomic mass is 32.2. The number of thiazole rings is 1. The summed E-state index contributed by atoms with van der Waals surface area (Å²) in [6, 6.07) is 20.2. The van der Waals surface area contributed by atoms with Gasteiger partial charge < -0.3 is 5.32 Å². The number of ketones is 1. The number of rotatable bonds is 9. The molecule has 8 heteroatoms. The van der Waals surface area contributed by atoms with Gasteiger partial charge in [0.1, 0.15) is 5.01 Å². The molecule has 0 bridgehead atoms. The lowest BCUT2D eigenvalue weighted by molar-refractivity contribution is 0.101. The molecule has 0 aliphatic carbocycles. The predicted molar refractivity (Wildman–Crippen MR) is 139 cm³/mol. The summed E-state index contributed by atoms with van der Waals surface area (Å²) < 4.78 is 27.8. The first-order valence-electron chi connectivity index (χ1n) is 11.2. The van der Waals surface area contributed by atoms with Gasteiger partial charge in [0.05, 0.1) is 21.7 Å². The minimum atomic E-state index is -3.53. The number of aromatic nitrogens is 1. The predicted octanol–water partition coefficient (Wildman–Crippen LogP) is 5.60. The van der Waals surface area contributed by atoms with Crippen molar-refractivity contribution in [2.75, 3.05) is 25.0 Å². The summed E-state index contributed by atoms with van der Waals surface area (Å²) in [5, 5.41) is 4.11. The molecule has 0 aliphatic rings. The standard InChI is InChI=1S/C26H27N3O3S2/c1-4-29(5-2)34(31,32)22-13-9-19(10-14-22)24(30)17-27-21-11-7-20(8-12-21)26-28-23-15-6-18(3)16-25(23)33-26/h6-16,27H,4-5,17H2,1-3H3. The van der Waals surface area contributed by atoms with E-state index < -0.39 is 10.0 Å². The molecular formula is C26H27N3O3S2. The second-order valence-electron chi connectivity index (χ2n) is 7.96. The summed E-state index contributed by atoms with van der Waals surface area (Å²) in [6.45, 7) is 6.60. The Morgan fingerprint density at radius 2 is 1.65 bits per heavy atom. The summed E-state index contributed by atoms with van der Waals surface area (Å²) in [5.41, 5.74) is 4.53. The number of anilines is 1. The van der Waals surface area contributed by atoms with Crippen LogP contribution in [-0.2, 0) is 10.0 Å². The van der Waals surface area contributed by atoms with E-state index in [2.05, 4.69) is 24.4 Å². The Labute approximate surface area is 204 Å². The maximum absolute atomic E-state index is 12.6. The van der Waals surface area contributed by atoms with E-state index in [-0.39, 0.29) is 17.2 Å². The topological polar surface area (TPSA) is 79.4 Å². The van der Waals surface area contributed by atoms with Crippen LogP contribution in [0.2, 0.25) is 0 Å². The Morgan fingerprint density at radius 1 is 0.971 bits per heavy atom. The largest absolute Gasteiger partial charge is 0.378 e. The van der Waals surface area contributed by atoms with Gasteiger partial charge in [-0.3, -0.25) is 4.79 Å². The van der Waals surface area contributed by atoms with Gasteiger partial charge in [0.25, 0.3) is 0 Å². The van der Waals surface area contributed by atoms with Gasteiger partial charge in [-0.2, -0.15) is 4.31 Å². The Bertz CT molecular complexity index is 1410. The molecule has 34 heavy (non-hydrogen) atoms. The van der Waals surface area contributed by atoms with Crippen LogP contribution in [-0.4, -0.2) is 43.1 Å². The average molecular weight is 494 g/mol. The Balaban J connectivity index is 1.40. The molecule has 0 unspecified atom stereocenters. The number of fused-ring (bicyclic) bond motifs is 1. The van der Waals surface area contributed by atoms with Crippen LogP contribution in [0.4, 0.5) is 5.69 Å². The number of nitrogens with one attached hydrogen (secondary N) is 1. The highest BCUT2D eigenvalue weighted by molar-refractivity contribution is 7.89. The number of aryl methyl sites for hydroxylation is 1. The third kappa shape index (κ3) is 5.04. The van der Waals surface area contributed by atoms with Gasteiger partial charge in [0.15, 0.2) is 5.78 Å². The Morgan fingerprint density at radius 3 is 2.29 bits per heavy atom. The van der Waals surface area contributed by atoms with Crippen LogP contribution in [0.3, 0.4) is 0 Å². The maximum Gasteiger partial charge on any atom is 0.243 e. The third-order valence-corrected chi connectivity index (χ3v) is 8.78. The van der Waals surface area contributed by atoms with Crippen molar-refractivity contribution in [3.63, 3.8) is 0 Å². The van der Waals surface area contributed by atoms with Gasteiger partial charge in [-0.15, -0.1) is 11.3 Å². The van der Waals surface area contributed by atoms with Gasteiger partial charge in [-0.05, 0) is 73.2 Å². The van der Waals surface area contributed by atoms with E-state index in [1.807, 2.05) is 30.3 Å². The Kier molecular flexibility index (Phi) is 7.11. The summed E-state index contributed by atoms with van der Waals surface area (Å²) >= 11 is 1.66. The van der Waals surface area contributed by atoms with E-state index in [9.17, 15) is 13.2 Å². The molecule has 1 aromatic heterocycles. The molecule has 1 heterocycles. The number of benzene rings is 3. The highest BCUT2D eigenvalue weighted by Crippen LogP contribution is 2.31. The molecule has 176 valence electrons. The zero-order valence-corrected chi connectivity index (χ0v) is 21.0. The SMILES string of the molecule is CCN(CC)S(=O)(=O)c1ccc(C(=O)CNc2ccc(-c3nc4ccc(C)cc4s3)cc2)cc1. The van der Waals surface area contributed by atoms with Gasteiger partial charge in [-0.25, -0.2) is 13.4 Å². The fourth-order valence-electron chi connectivity index (χ4n) is 3.70. The van der Waals surface area contributed by atoms with Crippen LogP contribution >= 0.6 is 11.3 Å². The lowest BCUT2D eigenvalue weighted by Gasteiger charge is -2.18. The van der Waals surface area contributed by atoms with Crippen molar-refractivity contribution in [2.45, 2.75) is 25.7 Å². The number of hydrogen-bond donors (Lipinski definition) is 1. The normalized spacial score (nSPS) is 11.8. The monoisotopic (exact) mass is 493 g/mol. The molecule has 6 nitrogen and oxygen atoms in total. The first-order chi connectivity index (χ1) is 16.3. The molecule has 1 N–H and O–H groups in total. The summed E-state index contributed by atoms with van der Waals surface area (Å²) in [5.74, 6) is -0.114. The number of carbonyl (C=O) groups is 1. The first kappa shape index (κ1) is 24.1. The van der Waals surface area contributed by atoms with Gasteiger partial charge in [0, 0.05) is 29.9 Å². The number of sulfonamides is 1. The van der Waals surface area contributed by atoms with E-state index in [0.717, 1.165) is 21.8 Å². The quantitative estimate of drug-likeness (QED) is 0.307. The molecule has 0 saturated carbocycles. The fourth-order valence-corrected chi connectivity index (χ4v) is 6.22. The second-order valence-corrected chi connectivity index (χ2v) is 10.9. The van der Waals surface area contributed by atoms with Gasteiger partial charge in [0.2, 0.25) is 10.0 Å². The zero-order chi connectivity index (χ0) is 24.3. The summed E-state index contributed by atoms with van der Waals surface area (Å²) in [7, 11) is -3.53. The van der Waals surface area contributed by atoms with Crippen molar-refractivity contribution in [1.29, 1.82) is 0 Å². The van der Waals surface area contributed by atoms with Crippen LogP contribution in [0.25, 0.3) is 20.8 Å². The minimum absolute atomic E-state index is 0.113. The molecule has 0 amide bonds. The molecule has 0 saturated heterocycles. The van der Waals surface area contributed by atoms with Crippen molar-refractivity contribution >= 4 is 43.0 Å². The number of hydrogen-bond acceptors (Lipinski definition) is 6. The molecule has 0 radical (unpaired) electrons. The lowest BCUT2D eigenvalue weighted by atomic mass is 10.1. The molecule has 3 aromatic carbocycles. The molecule has 0 atom stereocenters. The molecule has 4 rings (SSSR count). The third-order valence-electron chi connectivity index (χ3n) is 5.65. The molecule has 4 aromatic rings. The van der Waals surface area contributed by atoms with E-state index >= 15 is 0 Å². The fraction of sp³-hybridized carbons (Fsp3) is 0.231.